The number of hydrogen-bond donors (Lipinski definition) is 0. The van der Waals surface area contributed by atoms with Gasteiger partial charge in [-0.05, 0) is 24.8 Å². The lowest BCUT2D eigenvalue weighted by molar-refractivity contribution is -0.166. The van der Waals surface area contributed by atoms with Crippen LogP contribution in [0.5, 0.6) is 0 Å². The van der Waals surface area contributed by atoms with E-state index in [1.807, 2.05) is 30.3 Å². The first kappa shape index (κ1) is 16.0. The van der Waals surface area contributed by atoms with Gasteiger partial charge in [0.2, 0.25) is 0 Å². The third-order valence-corrected chi connectivity index (χ3v) is 3.62. The highest BCUT2D eigenvalue weighted by molar-refractivity contribution is 6.32. The fourth-order valence-electron chi connectivity index (χ4n) is 2.45. The molecule has 0 aromatic heterocycles. The zero-order valence-corrected chi connectivity index (χ0v) is 12.5. The second-order valence-electron chi connectivity index (χ2n) is 5.10. The van der Waals surface area contributed by atoms with Crippen LogP contribution >= 0.6 is 0 Å². The zero-order chi connectivity index (χ0) is 15.9. The Kier molecular flexibility index (Phi) is 5.52. The summed E-state index contributed by atoms with van der Waals surface area (Å²) in [7, 11) is 1.15. The molecule has 1 amide bonds. The maximum absolute atomic E-state index is 12.2. The van der Waals surface area contributed by atoms with Gasteiger partial charge < -0.3 is 14.4 Å². The number of esters is 2. The Labute approximate surface area is 129 Å². The SMILES string of the molecule is COC(=O)C(=O)N1CCCCC1C(=O)OCc1ccccc1. The molecule has 1 aromatic carbocycles. The van der Waals surface area contributed by atoms with Gasteiger partial charge in [0.1, 0.15) is 12.6 Å². The summed E-state index contributed by atoms with van der Waals surface area (Å²) in [5, 5.41) is 0. The normalized spacial score (nSPS) is 17.7. The van der Waals surface area contributed by atoms with Crippen molar-refractivity contribution in [1.29, 1.82) is 0 Å². The summed E-state index contributed by atoms with van der Waals surface area (Å²) in [4.78, 5) is 36.8. The van der Waals surface area contributed by atoms with Gasteiger partial charge in [0.05, 0.1) is 7.11 Å². The van der Waals surface area contributed by atoms with Crippen LogP contribution in [0.2, 0.25) is 0 Å². The number of ether oxygens (including phenoxy) is 2. The smallest absolute Gasteiger partial charge is 0.396 e. The predicted molar refractivity (Wildman–Crippen MR) is 77.6 cm³/mol. The second-order valence-corrected chi connectivity index (χ2v) is 5.10. The largest absolute Gasteiger partial charge is 0.462 e. The van der Waals surface area contributed by atoms with Crippen LogP contribution in [0, 0.1) is 0 Å². The van der Waals surface area contributed by atoms with Gasteiger partial charge in [-0.3, -0.25) is 4.79 Å². The summed E-state index contributed by atoms with van der Waals surface area (Å²) < 4.78 is 9.72. The van der Waals surface area contributed by atoms with Gasteiger partial charge >= 0.3 is 17.8 Å². The Morgan fingerprint density at radius 1 is 1.18 bits per heavy atom. The fraction of sp³-hybridized carbons (Fsp3) is 0.438. The van der Waals surface area contributed by atoms with Gasteiger partial charge in [-0.25, -0.2) is 9.59 Å². The Bertz CT molecular complexity index is 543. The van der Waals surface area contributed by atoms with E-state index in [-0.39, 0.29) is 6.61 Å². The molecule has 22 heavy (non-hydrogen) atoms. The number of benzene rings is 1. The highest BCUT2D eigenvalue weighted by atomic mass is 16.5. The maximum Gasteiger partial charge on any atom is 0.396 e. The summed E-state index contributed by atoms with van der Waals surface area (Å²) >= 11 is 0. The highest BCUT2D eigenvalue weighted by Gasteiger charge is 2.36. The van der Waals surface area contributed by atoms with Gasteiger partial charge in [-0.15, -0.1) is 0 Å². The topological polar surface area (TPSA) is 72.9 Å². The second kappa shape index (κ2) is 7.59. The van der Waals surface area contributed by atoms with Crippen LogP contribution in [-0.2, 0) is 30.5 Å². The number of nitrogens with zero attached hydrogens (tertiary/aromatic N) is 1. The Balaban J connectivity index is 1.99. The predicted octanol–water partition coefficient (Wildman–Crippen LogP) is 1.28. The monoisotopic (exact) mass is 305 g/mol. The van der Waals surface area contributed by atoms with Crippen molar-refractivity contribution >= 4 is 17.8 Å². The van der Waals surface area contributed by atoms with Crippen molar-refractivity contribution in [2.45, 2.75) is 31.9 Å². The molecule has 0 bridgehead atoms. The van der Waals surface area contributed by atoms with Crippen LogP contribution in [0.4, 0.5) is 0 Å². The lowest BCUT2D eigenvalue weighted by Gasteiger charge is -2.33. The van der Waals surface area contributed by atoms with E-state index >= 15 is 0 Å². The van der Waals surface area contributed by atoms with E-state index in [2.05, 4.69) is 4.74 Å². The average molecular weight is 305 g/mol. The minimum Gasteiger partial charge on any atom is -0.462 e. The number of rotatable bonds is 3. The van der Waals surface area contributed by atoms with E-state index in [1.165, 1.54) is 4.90 Å². The molecule has 2 rings (SSSR count). The standard InChI is InChI=1S/C16H19NO5/c1-21-16(20)14(18)17-10-6-5-9-13(17)15(19)22-11-12-7-3-2-4-8-12/h2-4,7-8,13H,5-6,9-11H2,1H3. The van der Waals surface area contributed by atoms with Crippen LogP contribution in [0.25, 0.3) is 0 Å². The van der Waals surface area contributed by atoms with Crippen molar-refractivity contribution in [3.05, 3.63) is 35.9 Å². The molecule has 1 unspecified atom stereocenters. The highest BCUT2D eigenvalue weighted by Crippen LogP contribution is 2.19. The van der Waals surface area contributed by atoms with Crippen molar-refractivity contribution in [2.24, 2.45) is 0 Å². The molecule has 0 spiro atoms. The number of carbonyl (C=O) groups excluding carboxylic acids is 3. The number of carbonyl (C=O) groups is 3. The molecule has 6 nitrogen and oxygen atoms in total. The lowest BCUT2D eigenvalue weighted by Crippen LogP contribution is -2.51. The summed E-state index contributed by atoms with van der Waals surface area (Å²) in [6.45, 7) is 0.509. The molecular weight excluding hydrogens is 286 g/mol. The van der Waals surface area contributed by atoms with Gasteiger partial charge in [0.15, 0.2) is 0 Å². The first-order valence-electron chi connectivity index (χ1n) is 7.23. The summed E-state index contributed by atoms with van der Waals surface area (Å²) in [6, 6.07) is 8.58. The van der Waals surface area contributed by atoms with Crippen molar-refractivity contribution in [3.63, 3.8) is 0 Å². The Morgan fingerprint density at radius 2 is 1.91 bits per heavy atom. The van der Waals surface area contributed by atoms with Crippen LogP contribution in [-0.4, -0.2) is 42.4 Å². The van der Waals surface area contributed by atoms with Crippen molar-refractivity contribution < 1.29 is 23.9 Å². The molecule has 0 saturated carbocycles. The number of methoxy groups -OCH3 is 1. The average Bonchev–Trinajstić information content (AvgIpc) is 2.59. The third-order valence-electron chi connectivity index (χ3n) is 3.62. The maximum atomic E-state index is 12.2. The molecule has 1 aliphatic heterocycles. The zero-order valence-electron chi connectivity index (χ0n) is 12.5. The van der Waals surface area contributed by atoms with Crippen LogP contribution in [0.15, 0.2) is 30.3 Å². The molecule has 0 N–H and O–H groups in total. The van der Waals surface area contributed by atoms with Gasteiger partial charge in [-0.1, -0.05) is 30.3 Å². The molecule has 0 aliphatic carbocycles. The first-order chi connectivity index (χ1) is 10.6. The van der Waals surface area contributed by atoms with Crippen LogP contribution in [0.3, 0.4) is 0 Å². The molecule has 1 aliphatic rings. The first-order valence-corrected chi connectivity index (χ1v) is 7.23. The van der Waals surface area contributed by atoms with Crippen LogP contribution < -0.4 is 0 Å². The van der Waals surface area contributed by atoms with Crippen molar-refractivity contribution in [2.75, 3.05) is 13.7 Å². The molecule has 6 heteroatoms. The molecule has 0 radical (unpaired) electrons. The van der Waals surface area contributed by atoms with E-state index in [0.29, 0.717) is 13.0 Å². The molecular formula is C16H19NO5. The van der Waals surface area contributed by atoms with Crippen LogP contribution in [0.1, 0.15) is 24.8 Å². The minimum atomic E-state index is -0.956. The van der Waals surface area contributed by atoms with Gasteiger partial charge in [0, 0.05) is 6.54 Å². The van der Waals surface area contributed by atoms with E-state index in [0.717, 1.165) is 25.5 Å². The van der Waals surface area contributed by atoms with Crippen molar-refractivity contribution in [1.82, 2.24) is 4.90 Å². The lowest BCUT2D eigenvalue weighted by atomic mass is 10.0. The van der Waals surface area contributed by atoms with Crippen molar-refractivity contribution in [3.8, 4) is 0 Å². The van der Waals surface area contributed by atoms with Gasteiger partial charge in [0.25, 0.3) is 0 Å². The summed E-state index contributed by atoms with van der Waals surface area (Å²) in [5.41, 5.74) is 0.873. The molecule has 1 atom stereocenters. The molecule has 118 valence electrons. The summed E-state index contributed by atoms with van der Waals surface area (Å²) in [5.74, 6) is -2.23. The number of likely N-dealkylation sites (tertiary alicyclic amines) is 1. The van der Waals surface area contributed by atoms with E-state index in [1.54, 1.807) is 0 Å². The fourth-order valence-corrected chi connectivity index (χ4v) is 2.45. The molecule has 1 fully saturated rings. The molecule has 1 heterocycles. The molecule has 1 aromatic rings. The van der Waals surface area contributed by atoms with E-state index in [4.69, 9.17) is 4.74 Å². The van der Waals surface area contributed by atoms with E-state index in [9.17, 15) is 14.4 Å². The van der Waals surface area contributed by atoms with Gasteiger partial charge in [-0.2, -0.15) is 0 Å². The quantitative estimate of drug-likeness (QED) is 0.621. The van der Waals surface area contributed by atoms with E-state index < -0.39 is 23.9 Å². The number of amides is 1. The molecule has 1 saturated heterocycles. The Morgan fingerprint density at radius 3 is 2.59 bits per heavy atom. The minimum absolute atomic E-state index is 0.149. The Hall–Kier alpha value is -2.37. The number of piperidine rings is 1. The third kappa shape index (κ3) is 3.84. The number of hydrogen-bond acceptors (Lipinski definition) is 5. The summed E-state index contributed by atoms with van der Waals surface area (Å²) in [6.07, 6.45) is 2.07.